The van der Waals surface area contributed by atoms with Crippen LogP contribution < -0.4 is 5.73 Å². The summed E-state index contributed by atoms with van der Waals surface area (Å²) in [5.74, 6) is -0.0930. The Bertz CT molecular complexity index is 357. The lowest BCUT2D eigenvalue weighted by atomic mass is 9.98. The molecule has 1 fully saturated rings. The molecule has 0 spiro atoms. The molecule has 1 aliphatic heterocycles. The molecule has 0 amide bonds. The largest absolute Gasteiger partial charge is 0.330 e. The SMILES string of the molecule is Cl.NCCC1CCCCN1Cc1ccccc1F. The van der Waals surface area contributed by atoms with Crippen molar-refractivity contribution in [2.75, 3.05) is 13.1 Å². The van der Waals surface area contributed by atoms with Crippen LogP contribution in [0.5, 0.6) is 0 Å². The van der Waals surface area contributed by atoms with E-state index in [2.05, 4.69) is 4.90 Å². The Morgan fingerprint density at radius 3 is 2.78 bits per heavy atom. The molecule has 4 heteroatoms. The quantitative estimate of drug-likeness (QED) is 0.913. The van der Waals surface area contributed by atoms with Gasteiger partial charge in [-0.05, 0) is 38.4 Å². The Balaban J connectivity index is 0.00000162. The van der Waals surface area contributed by atoms with Crippen LogP contribution in [0, 0.1) is 5.82 Å². The molecule has 1 unspecified atom stereocenters. The Hall–Kier alpha value is -0.640. The van der Waals surface area contributed by atoms with Crippen molar-refractivity contribution < 1.29 is 4.39 Å². The first-order valence-electron chi connectivity index (χ1n) is 6.49. The minimum atomic E-state index is -0.0930. The first-order chi connectivity index (χ1) is 8.31. The number of rotatable bonds is 4. The van der Waals surface area contributed by atoms with E-state index < -0.39 is 0 Å². The summed E-state index contributed by atoms with van der Waals surface area (Å²) < 4.78 is 13.6. The maximum Gasteiger partial charge on any atom is 0.127 e. The van der Waals surface area contributed by atoms with Gasteiger partial charge in [-0.15, -0.1) is 12.4 Å². The Labute approximate surface area is 115 Å². The summed E-state index contributed by atoms with van der Waals surface area (Å²) in [6, 6.07) is 7.60. The van der Waals surface area contributed by atoms with Crippen LogP contribution in [-0.2, 0) is 6.54 Å². The molecule has 0 saturated carbocycles. The van der Waals surface area contributed by atoms with E-state index in [0.717, 1.165) is 31.6 Å². The van der Waals surface area contributed by atoms with Crippen molar-refractivity contribution in [1.29, 1.82) is 0 Å². The van der Waals surface area contributed by atoms with Crippen LogP contribution in [0.1, 0.15) is 31.2 Å². The molecule has 1 aromatic rings. The smallest absolute Gasteiger partial charge is 0.127 e. The molecular formula is C14H22ClFN2. The lowest BCUT2D eigenvalue weighted by Crippen LogP contribution is -2.40. The molecular weight excluding hydrogens is 251 g/mol. The van der Waals surface area contributed by atoms with Gasteiger partial charge < -0.3 is 5.73 Å². The molecule has 0 radical (unpaired) electrons. The second-order valence-electron chi connectivity index (χ2n) is 4.79. The number of nitrogens with zero attached hydrogens (tertiary/aromatic N) is 1. The second-order valence-corrected chi connectivity index (χ2v) is 4.79. The maximum atomic E-state index is 13.6. The van der Waals surface area contributed by atoms with Crippen molar-refractivity contribution in [3.05, 3.63) is 35.6 Å². The van der Waals surface area contributed by atoms with Crippen molar-refractivity contribution in [2.45, 2.75) is 38.3 Å². The fraction of sp³-hybridized carbons (Fsp3) is 0.571. The summed E-state index contributed by atoms with van der Waals surface area (Å²) in [5, 5.41) is 0. The summed E-state index contributed by atoms with van der Waals surface area (Å²) in [6.07, 6.45) is 4.72. The van der Waals surface area contributed by atoms with Crippen molar-refractivity contribution in [3.8, 4) is 0 Å². The predicted molar refractivity (Wildman–Crippen MR) is 75.4 cm³/mol. The fourth-order valence-electron chi connectivity index (χ4n) is 2.63. The van der Waals surface area contributed by atoms with E-state index >= 15 is 0 Å². The van der Waals surface area contributed by atoms with Gasteiger partial charge in [-0.25, -0.2) is 4.39 Å². The van der Waals surface area contributed by atoms with Gasteiger partial charge in [0.05, 0.1) is 0 Å². The normalized spacial score (nSPS) is 20.4. The lowest BCUT2D eigenvalue weighted by Gasteiger charge is -2.35. The zero-order valence-electron chi connectivity index (χ0n) is 10.6. The summed E-state index contributed by atoms with van der Waals surface area (Å²) in [7, 11) is 0. The first-order valence-corrected chi connectivity index (χ1v) is 6.49. The van der Waals surface area contributed by atoms with Crippen molar-refractivity contribution in [2.24, 2.45) is 5.73 Å². The summed E-state index contributed by atoms with van der Waals surface area (Å²) >= 11 is 0. The van der Waals surface area contributed by atoms with E-state index in [1.54, 1.807) is 6.07 Å². The van der Waals surface area contributed by atoms with Crippen LogP contribution in [0.3, 0.4) is 0 Å². The van der Waals surface area contributed by atoms with Gasteiger partial charge in [0.1, 0.15) is 5.82 Å². The number of nitrogens with two attached hydrogens (primary N) is 1. The van der Waals surface area contributed by atoms with E-state index in [4.69, 9.17) is 5.73 Å². The third-order valence-corrected chi connectivity index (χ3v) is 3.58. The van der Waals surface area contributed by atoms with Gasteiger partial charge in [-0.1, -0.05) is 24.6 Å². The van der Waals surface area contributed by atoms with Crippen molar-refractivity contribution in [3.63, 3.8) is 0 Å². The molecule has 1 atom stereocenters. The molecule has 1 saturated heterocycles. The van der Waals surface area contributed by atoms with Crippen LogP contribution in [-0.4, -0.2) is 24.0 Å². The molecule has 0 aromatic heterocycles. The van der Waals surface area contributed by atoms with E-state index in [0.29, 0.717) is 6.04 Å². The summed E-state index contributed by atoms with van der Waals surface area (Å²) in [4.78, 5) is 2.38. The highest BCUT2D eigenvalue weighted by Crippen LogP contribution is 2.22. The number of benzene rings is 1. The van der Waals surface area contributed by atoms with E-state index in [9.17, 15) is 4.39 Å². The lowest BCUT2D eigenvalue weighted by molar-refractivity contribution is 0.132. The van der Waals surface area contributed by atoms with E-state index in [-0.39, 0.29) is 18.2 Å². The van der Waals surface area contributed by atoms with E-state index in [1.165, 1.54) is 25.3 Å². The van der Waals surface area contributed by atoms with Gasteiger partial charge in [-0.3, -0.25) is 4.90 Å². The monoisotopic (exact) mass is 272 g/mol. The number of likely N-dealkylation sites (tertiary alicyclic amines) is 1. The highest BCUT2D eigenvalue weighted by molar-refractivity contribution is 5.85. The van der Waals surface area contributed by atoms with Crippen molar-refractivity contribution in [1.82, 2.24) is 4.90 Å². The molecule has 2 nitrogen and oxygen atoms in total. The molecule has 102 valence electrons. The molecule has 1 heterocycles. The van der Waals surface area contributed by atoms with Crippen LogP contribution >= 0.6 is 12.4 Å². The molecule has 0 aliphatic carbocycles. The van der Waals surface area contributed by atoms with Crippen molar-refractivity contribution >= 4 is 12.4 Å². The standard InChI is InChI=1S/C14H21FN2.ClH/c15-14-7-2-1-5-12(14)11-17-10-4-3-6-13(17)8-9-16;/h1-2,5,7,13H,3-4,6,8-11,16H2;1H. The highest BCUT2D eigenvalue weighted by Gasteiger charge is 2.22. The molecule has 1 aliphatic rings. The number of hydrogen-bond acceptors (Lipinski definition) is 2. The maximum absolute atomic E-state index is 13.6. The number of halogens is 2. The third-order valence-electron chi connectivity index (χ3n) is 3.58. The van der Waals surface area contributed by atoms with Gasteiger partial charge in [0.2, 0.25) is 0 Å². The summed E-state index contributed by atoms with van der Waals surface area (Å²) in [5.41, 5.74) is 6.45. The van der Waals surface area contributed by atoms with Gasteiger partial charge in [-0.2, -0.15) is 0 Å². The van der Waals surface area contributed by atoms with Gasteiger partial charge >= 0.3 is 0 Å². The molecule has 18 heavy (non-hydrogen) atoms. The van der Waals surface area contributed by atoms with Crippen LogP contribution in [0.4, 0.5) is 4.39 Å². The average Bonchev–Trinajstić information content (AvgIpc) is 2.35. The number of hydrogen-bond donors (Lipinski definition) is 1. The topological polar surface area (TPSA) is 29.3 Å². The Morgan fingerprint density at radius 2 is 2.06 bits per heavy atom. The average molecular weight is 273 g/mol. The van der Waals surface area contributed by atoms with Gasteiger partial charge in [0.15, 0.2) is 0 Å². The molecule has 0 bridgehead atoms. The molecule has 2 rings (SSSR count). The molecule has 1 aromatic carbocycles. The van der Waals surface area contributed by atoms with Crippen LogP contribution in [0.2, 0.25) is 0 Å². The zero-order valence-corrected chi connectivity index (χ0v) is 11.5. The highest BCUT2D eigenvalue weighted by atomic mass is 35.5. The second kappa shape index (κ2) is 7.72. The summed E-state index contributed by atoms with van der Waals surface area (Å²) in [6.45, 7) is 2.51. The number of piperidine rings is 1. The minimum absolute atomic E-state index is 0. The Kier molecular flexibility index (Phi) is 6.61. The predicted octanol–water partition coefficient (Wildman–Crippen LogP) is 2.95. The third kappa shape index (κ3) is 3.94. The first kappa shape index (κ1) is 15.4. The zero-order chi connectivity index (χ0) is 12.1. The van der Waals surface area contributed by atoms with Gasteiger partial charge in [0, 0.05) is 18.2 Å². The fourth-order valence-corrected chi connectivity index (χ4v) is 2.63. The molecule has 2 N–H and O–H groups in total. The van der Waals surface area contributed by atoms with E-state index in [1.807, 2.05) is 12.1 Å². The van der Waals surface area contributed by atoms with Gasteiger partial charge in [0.25, 0.3) is 0 Å². The minimum Gasteiger partial charge on any atom is -0.330 e. The Morgan fingerprint density at radius 1 is 1.28 bits per heavy atom. The van der Waals surface area contributed by atoms with Crippen LogP contribution in [0.25, 0.3) is 0 Å². The van der Waals surface area contributed by atoms with Crippen LogP contribution in [0.15, 0.2) is 24.3 Å².